The fourth-order valence-electron chi connectivity index (χ4n) is 3.02. The molecular weight excluding hydrogens is 254 g/mol. The predicted molar refractivity (Wildman–Crippen MR) is 82.5 cm³/mol. The van der Waals surface area contributed by atoms with Crippen LogP contribution in [0, 0.1) is 11.3 Å². The van der Waals surface area contributed by atoms with Crippen LogP contribution >= 0.6 is 11.3 Å². The van der Waals surface area contributed by atoms with Crippen LogP contribution in [0.4, 0.5) is 0 Å². The smallest absolute Gasteiger partial charge is 0.0922 e. The molecule has 0 spiro atoms. The zero-order valence-corrected chi connectivity index (χ0v) is 13.2. The highest BCUT2D eigenvalue weighted by Gasteiger charge is 2.29. The lowest BCUT2D eigenvalue weighted by molar-refractivity contribution is 0.139. The van der Waals surface area contributed by atoms with Gasteiger partial charge in [0.2, 0.25) is 0 Å². The van der Waals surface area contributed by atoms with Crippen molar-refractivity contribution in [3.05, 3.63) is 22.4 Å². The number of thiophene rings is 1. The van der Waals surface area contributed by atoms with E-state index in [9.17, 15) is 5.11 Å². The van der Waals surface area contributed by atoms with Crippen molar-refractivity contribution in [3.8, 4) is 0 Å². The van der Waals surface area contributed by atoms with Gasteiger partial charge in [-0.1, -0.05) is 20.8 Å². The van der Waals surface area contributed by atoms with Gasteiger partial charge in [0.25, 0.3) is 0 Å². The maximum Gasteiger partial charge on any atom is 0.0922 e. The molecular formula is C16H27NOS. The Hall–Kier alpha value is -0.380. The second-order valence-corrected chi connectivity index (χ2v) is 7.68. The van der Waals surface area contributed by atoms with Gasteiger partial charge in [-0.2, -0.15) is 11.3 Å². The Bertz CT molecular complexity index is 361. The summed E-state index contributed by atoms with van der Waals surface area (Å²) < 4.78 is 0. The van der Waals surface area contributed by atoms with E-state index in [-0.39, 0.29) is 6.10 Å². The van der Waals surface area contributed by atoms with Gasteiger partial charge in [0.15, 0.2) is 0 Å². The molecule has 1 saturated carbocycles. The van der Waals surface area contributed by atoms with Gasteiger partial charge in [-0.3, -0.25) is 0 Å². The maximum absolute atomic E-state index is 10.1. The van der Waals surface area contributed by atoms with Crippen molar-refractivity contribution in [3.63, 3.8) is 0 Å². The van der Waals surface area contributed by atoms with Gasteiger partial charge in [0.1, 0.15) is 0 Å². The van der Waals surface area contributed by atoms with Gasteiger partial charge in [0, 0.05) is 12.6 Å². The first-order valence-electron chi connectivity index (χ1n) is 7.40. The second-order valence-electron chi connectivity index (χ2n) is 6.90. The van der Waals surface area contributed by atoms with Crippen LogP contribution in [0.5, 0.6) is 0 Å². The summed E-state index contributed by atoms with van der Waals surface area (Å²) in [6.45, 7) is 7.74. The number of nitrogens with one attached hydrogen (secondary N) is 1. The quantitative estimate of drug-likeness (QED) is 0.875. The molecule has 1 aliphatic carbocycles. The normalized spacial score (nSPS) is 26.3. The molecule has 2 rings (SSSR count). The Morgan fingerprint density at radius 2 is 2.00 bits per heavy atom. The second kappa shape index (κ2) is 6.38. The molecule has 1 atom stereocenters. The number of aliphatic hydroxyl groups excluding tert-OH is 1. The first kappa shape index (κ1) is 15.0. The monoisotopic (exact) mass is 281 g/mol. The summed E-state index contributed by atoms with van der Waals surface area (Å²) in [5, 5.41) is 17.7. The number of aliphatic hydroxyl groups is 1. The summed E-state index contributed by atoms with van der Waals surface area (Å²) in [6.07, 6.45) is 4.77. The Morgan fingerprint density at radius 3 is 2.53 bits per heavy atom. The first-order valence-corrected chi connectivity index (χ1v) is 8.34. The lowest BCUT2D eigenvalue weighted by Crippen LogP contribution is -2.38. The van der Waals surface area contributed by atoms with E-state index in [1.165, 1.54) is 25.7 Å². The highest BCUT2D eigenvalue weighted by Crippen LogP contribution is 2.37. The molecule has 1 fully saturated rings. The number of rotatable bonds is 4. The molecule has 1 heterocycles. The molecule has 0 amide bonds. The van der Waals surface area contributed by atoms with E-state index in [1.807, 2.05) is 16.8 Å². The zero-order valence-electron chi connectivity index (χ0n) is 12.4. The summed E-state index contributed by atoms with van der Waals surface area (Å²) in [5.74, 6) is 0.854. The van der Waals surface area contributed by atoms with E-state index in [0.717, 1.165) is 11.5 Å². The molecule has 108 valence electrons. The average molecular weight is 281 g/mol. The molecule has 0 bridgehead atoms. The van der Waals surface area contributed by atoms with E-state index < -0.39 is 0 Å². The van der Waals surface area contributed by atoms with Crippen molar-refractivity contribution >= 4 is 11.3 Å². The van der Waals surface area contributed by atoms with Crippen LogP contribution in [-0.4, -0.2) is 17.7 Å². The number of hydrogen-bond acceptors (Lipinski definition) is 3. The van der Waals surface area contributed by atoms with Crippen molar-refractivity contribution in [2.45, 2.75) is 58.6 Å². The lowest BCUT2D eigenvalue weighted by Gasteiger charge is -2.37. The van der Waals surface area contributed by atoms with E-state index >= 15 is 0 Å². The lowest BCUT2D eigenvalue weighted by atomic mass is 9.71. The van der Waals surface area contributed by atoms with Crippen LogP contribution in [0.1, 0.15) is 58.1 Å². The van der Waals surface area contributed by atoms with Crippen molar-refractivity contribution in [2.24, 2.45) is 11.3 Å². The molecule has 2 N–H and O–H groups in total. The highest BCUT2D eigenvalue weighted by atomic mass is 32.1. The van der Waals surface area contributed by atoms with Crippen molar-refractivity contribution < 1.29 is 5.11 Å². The van der Waals surface area contributed by atoms with Gasteiger partial charge >= 0.3 is 0 Å². The molecule has 0 aliphatic heterocycles. The van der Waals surface area contributed by atoms with Crippen LogP contribution < -0.4 is 5.32 Å². The van der Waals surface area contributed by atoms with Crippen LogP contribution in [0.3, 0.4) is 0 Å². The minimum absolute atomic E-state index is 0.355. The fraction of sp³-hybridized carbons (Fsp3) is 0.750. The van der Waals surface area contributed by atoms with E-state index in [0.29, 0.717) is 18.0 Å². The third kappa shape index (κ3) is 4.30. The topological polar surface area (TPSA) is 32.3 Å². The molecule has 1 aromatic heterocycles. The minimum Gasteiger partial charge on any atom is -0.387 e. The Morgan fingerprint density at radius 1 is 1.32 bits per heavy atom. The summed E-state index contributed by atoms with van der Waals surface area (Å²) in [6, 6.07) is 2.60. The SMILES string of the molecule is CC(C)(C)C1CCC(NCC(O)c2ccsc2)CC1. The van der Waals surface area contributed by atoms with Gasteiger partial charge in [-0.25, -0.2) is 0 Å². The minimum atomic E-state index is -0.355. The maximum atomic E-state index is 10.1. The highest BCUT2D eigenvalue weighted by molar-refractivity contribution is 7.07. The third-order valence-electron chi connectivity index (χ3n) is 4.48. The Kier molecular flexibility index (Phi) is 5.04. The van der Waals surface area contributed by atoms with Gasteiger partial charge in [0.05, 0.1) is 6.10 Å². The molecule has 0 radical (unpaired) electrons. The average Bonchev–Trinajstić information content (AvgIpc) is 2.89. The van der Waals surface area contributed by atoms with Crippen LogP contribution in [0.25, 0.3) is 0 Å². The molecule has 3 heteroatoms. The van der Waals surface area contributed by atoms with Crippen LogP contribution in [0.15, 0.2) is 16.8 Å². The van der Waals surface area contributed by atoms with Gasteiger partial charge in [-0.05, 0) is 59.4 Å². The molecule has 0 aromatic carbocycles. The van der Waals surface area contributed by atoms with Crippen LogP contribution in [-0.2, 0) is 0 Å². The van der Waals surface area contributed by atoms with E-state index in [4.69, 9.17) is 0 Å². The predicted octanol–water partition coefficient (Wildman–Crippen LogP) is 3.98. The first-order chi connectivity index (χ1) is 8.97. The van der Waals surface area contributed by atoms with Crippen LogP contribution in [0.2, 0.25) is 0 Å². The zero-order chi connectivity index (χ0) is 13.9. The summed E-state index contributed by atoms with van der Waals surface area (Å²) in [7, 11) is 0. The van der Waals surface area contributed by atoms with Crippen molar-refractivity contribution in [2.75, 3.05) is 6.54 Å². The molecule has 19 heavy (non-hydrogen) atoms. The molecule has 1 unspecified atom stereocenters. The Labute approximate surface area is 121 Å². The van der Waals surface area contributed by atoms with Crippen molar-refractivity contribution in [1.82, 2.24) is 5.32 Å². The Balaban J connectivity index is 1.71. The number of hydrogen-bond donors (Lipinski definition) is 2. The van der Waals surface area contributed by atoms with E-state index in [2.05, 4.69) is 26.1 Å². The summed E-state index contributed by atoms with van der Waals surface area (Å²) in [4.78, 5) is 0. The van der Waals surface area contributed by atoms with Crippen molar-refractivity contribution in [1.29, 1.82) is 0 Å². The third-order valence-corrected chi connectivity index (χ3v) is 5.18. The summed E-state index contributed by atoms with van der Waals surface area (Å²) in [5.41, 5.74) is 1.49. The standard InChI is InChI=1S/C16H27NOS/c1-16(2,3)13-4-6-14(7-5-13)17-10-15(18)12-8-9-19-11-12/h8-9,11,13-15,17-18H,4-7,10H2,1-3H3. The largest absolute Gasteiger partial charge is 0.387 e. The van der Waals surface area contributed by atoms with Gasteiger partial charge < -0.3 is 10.4 Å². The molecule has 2 nitrogen and oxygen atoms in total. The van der Waals surface area contributed by atoms with Gasteiger partial charge in [-0.15, -0.1) is 0 Å². The summed E-state index contributed by atoms with van der Waals surface area (Å²) >= 11 is 1.64. The molecule has 0 saturated heterocycles. The fourth-order valence-corrected chi connectivity index (χ4v) is 3.73. The molecule has 1 aromatic rings. The molecule has 1 aliphatic rings. The van der Waals surface area contributed by atoms with E-state index in [1.54, 1.807) is 11.3 Å².